The van der Waals surface area contributed by atoms with E-state index < -0.39 is 0 Å². The van der Waals surface area contributed by atoms with Gasteiger partial charge in [-0.25, -0.2) is 0 Å². The molecule has 1 rings (SSSR count). The van der Waals surface area contributed by atoms with Crippen LogP contribution in [0.3, 0.4) is 0 Å². The van der Waals surface area contributed by atoms with E-state index in [-0.39, 0.29) is 30.8 Å². The highest BCUT2D eigenvalue weighted by atomic mass is 35.5. The number of rotatable bonds is 4. The molecule has 0 bridgehead atoms. The molecule has 0 aromatic heterocycles. The summed E-state index contributed by atoms with van der Waals surface area (Å²) in [4.78, 5) is 11.1. The minimum absolute atomic E-state index is 0. The van der Waals surface area contributed by atoms with Gasteiger partial charge in [-0.05, 0) is 25.0 Å². The van der Waals surface area contributed by atoms with Crippen LogP contribution in [0.4, 0.5) is 0 Å². The number of Topliss-reactive ketones (excluding diaryl/α,β-unsaturated/α-hetero) is 1. The number of benzene rings is 1. The summed E-state index contributed by atoms with van der Waals surface area (Å²) < 4.78 is 0. The number of carbonyl (C=O) groups is 1. The van der Waals surface area contributed by atoms with Crippen molar-refractivity contribution in [1.29, 1.82) is 0 Å². The highest BCUT2D eigenvalue weighted by Crippen LogP contribution is 2.07. The molecule has 1 atom stereocenters. The second-order valence-electron chi connectivity index (χ2n) is 3.40. The monoisotopic (exact) mass is 229 g/mol. The maximum Gasteiger partial charge on any atom is 0.159 e. The SMILES string of the molecule is CC(=O)c1cccc(CC(N)CO)c1.Cl. The normalized spacial score (nSPS) is 11.7. The van der Waals surface area contributed by atoms with Crippen molar-refractivity contribution in [1.82, 2.24) is 0 Å². The number of aliphatic hydroxyl groups is 1. The molecule has 1 unspecified atom stereocenters. The fourth-order valence-electron chi connectivity index (χ4n) is 1.28. The van der Waals surface area contributed by atoms with E-state index in [0.717, 1.165) is 5.56 Å². The zero-order chi connectivity index (χ0) is 10.6. The number of carbonyl (C=O) groups excluding carboxylic acids is 1. The molecule has 1 aromatic carbocycles. The molecule has 15 heavy (non-hydrogen) atoms. The molecular formula is C11H16ClNO2. The molecule has 0 aliphatic carbocycles. The molecule has 3 N–H and O–H groups in total. The first-order valence-corrected chi connectivity index (χ1v) is 4.60. The van der Waals surface area contributed by atoms with Crippen molar-refractivity contribution >= 4 is 18.2 Å². The van der Waals surface area contributed by atoms with E-state index in [1.165, 1.54) is 6.92 Å². The Morgan fingerprint density at radius 3 is 2.73 bits per heavy atom. The van der Waals surface area contributed by atoms with Crippen LogP contribution in [0.2, 0.25) is 0 Å². The fourth-order valence-corrected chi connectivity index (χ4v) is 1.28. The lowest BCUT2D eigenvalue weighted by atomic mass is 10.0. The molecule has 0 aliphatic rings. The minimum atomic E-state index is -0.253. The molecule has 0 spiro atoms. The van der Waals surface area contributed by atoms with Gasteiger partial charge in [0.05, 0.1) is 6.61 Å². The van der Waals surface area contributed by atoms with Crippen LogP contribution >= 0.6 is 12.4 Å². The third-order valence-electron chi connectivity index (χ3n) is 2.07. The van der Waals surface area contributed by atoms with Gasteiger partial charge in [0.15, 0.2) is 5.78 Å². The lowest BCUT2D eigenvalue weighted by Gasteiger charge is -2.08. The van der Waals surface area contributed by atoms with E-state index in [2.05, 4.69) is 0 Å². The van der Waals surface area contributed by atoms with E-state index in [1.54, 1.807) is 6.07 Å². The van der Waals surface area contributed by atoms with Crippen LogP contribution in [0.1, 0.15) is 22.8 Å². The van der Waals surface area contributed by atoms with Crippen LogP contribution in [0.5, 0.6) is 0 Å². The molecule has 0 aliphatic heterocycles. The smallest absolute Gasteiger partial charge is 0.159 e. The van der Waals surface area contributed by atoms with Crippen molar-refractivity contribution in [2.24, 2.45) is 5.73 Å². The number of aliphatic hydroxyl groups excluding tert-OH is 1. The van der Waals surface area contributed by atoms with Crippen LogP contribution in [0, 0.1) is 0 Å². The van der Waals surface area contributed by atoms with Gasteiger partial charge in [-0.3, -0.25) is 4.79 Å². The van der Waals surface area contributed by atoms with Crippen molar-refractivity contribution in [3.05, 3.63) is 35.4 Å². The quantitative estimate of drug-likeness (QED) is 0.762. The summed E-state index contributed by atoms with van der Waals surface area (Å²) in [5.74, 6) is 0.0458. The average molecular weight is 230 g/mol. The molecule has 4 heteroatoms. The standard InChI is InChI=1S/C11H15NO2.ClH/c1-8(14)10-4-2-3-9(5-10)6-11(12)7-13;/h2-5,11,13H,6-7,12H2,1H3;1H. The van der Waals surface area contributed by atoms with Crippen molar-refractivity contribution in [3.8, 4) is 0 Å². The Kier molecular flexibility index (Phi) is 6.17. The molecule has 0 saturated carbocycles. The van der Waals surface area contributed by atoms with Crippen LogP contribution in [-0.2, 0) is 6.42 Å². The molecule has 0 saturated heterocycles. The summed E-state index contributed by atoms with van der Waals surface area (Å²) in [6, 6.07) is 7.07. The summed E-state index contributed by atoms with van der Waals surface area (Å²) >= 11 is 0. The molecule has 0 radical (unpaired) electrons. The Labute approximate surface area is 95.7 Å². The second-order valence-corrected chi connectivity index (χ2v) is 3.40. The zero-order valence-electron chi connectivity index (χ0n) is 8.64. The Morgan fingerprint density at radius 1 is 1.53 bits per heavy atom. The van der Waals surface area contributed by atoms with Crippen molar-refractivity contribution in [3.63, 3.8) is 0 Å². The second kappa shape index (κ2) is 6.56. The molecule has 1 aromatic rings. The van der Waals surface area contributed by atoms with E-state index in [1.807, 2.05) is 18.2 Å². The van der Waals surface area contributed by atoms with Crippen molar-refractivity contribution < 1.29 is 9.90 Å². The maximum absolute atomic E-state index is 11.1. The zero-order valence-corrected chi connectivity index (χ0v) is 9.46. The van der Waals surface area contributed by atoms with Crippen molar-refractivity contribution in [2.75, 3.05) is 6.61 Å². The fraction of sp³-hybridized carbons (Fsp3) is 0.364. The topological polar surface area (TPSA) is 63.3 Å². The molecule has 0 heterocycles. The van der Waals surface area contributed by atoms with Gasteiger partial charge in [-0.1, -0.05) is 18.2 Å². The van der Waals surface area contributed by atoms with Gasteiger partial charge in [0.25, 0.3) is 0 Å². The van der Waals surface area contributed by atoms with Gasteiger partial charge in [-0.2, -0.15) is 0 Å². The first-order valence-electron chi connectivity index (χ1n) is 4.60. The number of ketones is 1. The molecule has 3 nitrogen and oxygen atoms in total. The Hall–Kier alpha value is -0.900. The molecule has 0 fully saturated rings. The van der Waals surface area contributed by atoms with Crippen molar-refractivity contribution in [2.45, 2.75) is 19.4 Å². The Bertz CT molecular complexity index is 328. The lowest BCUT2D eigenvalue weighted by Crippen LogP contribution is -2.26. The highest BCUT2D eigenvalue weighted by Gasteiger charge is 2.04. The third-order valence-corrected chi connectivity index (χ3v) is 2.07. The summed E-state index contributed by atoms with van der Waals surface area (Å²) in [5.41, 5.74) is 7.27. The van der Waals surface area contributed by atoms with Crippen LogP contribution in [0.15, 0.2) is 24.3 Å². The number of halogens is 1. The minimum Gasteiger partial charge on any atom is -0.395 e. The Morgan fingerprint density at radius 2 is 2.20 bits per heavy atom. The van der Waals surface area contributed by atoms with Gasteiger partial charge in [-0.15, -0.1) is 12.4 Å². The summed E-state index contributed by atoms with van der Waals surface area (Å²) in [5, 5.41) is 8.78. The first kappa shape index (κ1) is 14.1. The Balaban J connectivity index is 0.00000196. The summed E-state index contributed by atoms with van der Waals surface area (Å²) in [7, 11) is 0. The van der Waals surface area contributed by atoms with Crippen LogP contribution < -0.4 is 5.73 Å². The van der Waals surface area contributed by atoms with E-state index >= 15 is 0 Å². The van der Waals surface area contributed by atoms with Crippen LogP contribution in [-0.4, -0.2) is 23.5 Å². The van der Waals surface area contributed by atoms with Gasteiger partial charge < -0.3 is 10.8 Å². The largest absolute Gasteiger partial charge is 0.395 e. The highest BCUT2D eigenvalue weighted by molar-refractivity contribution is 5.94. The summed E-state index contributed by atoms with van der Waals surface area (Å²) in [6.07, 6.45) is 0.595. The van der Waals surface area contributed by atoms with Crippen LogP contribution in [0.25, 0.3) is 0 Å². The van der Waals surface area contributed by atoms with Gasteiger partial charge in [0.2, 0.25) is 0 Å². The van der Waals surface area contributed by atoms with E-state index in [4.69, 9.17) is 10.8 Å². The predicted octanol–water partition coefficient (Wildman–Crippen LogP) is 1.17. The third kappa shape index (κ3) is 4.42. The van der Waals surface area contributed by atoms with E-state index in [0.29, 0.717) is 12.0 Å². The molecule has 84 valence electrons. The number of hydrogen-bond acceptors (Lipinski definition) is 3. The lowest BCUT2D eigenvalue weighted by molar-refractivity contribution is 0.101. The van der Waals surface area contributed by atoms with Gasteiger partial charge in [0, 0.05) is 11.6 Å². The maximum atomic E-state index is 11.1. The van der Waals surface area contributed by atoms with Gasteiger partial charge >= 0.3 is 0 Å². The first-order chi connectivity index (χ1) is 6.63. The molecular weight excluding hydrogens is 214 g/mol. The van der Waals surface area contributed by atoms with Gasteiger partial charge in [0.1, 0.15) is 0 Å². The predicted molar refractivity (Wildman–Crippen MR) is 62.5 cm³/mol. The number of hydrogen-bond donors (Lipinski definition) is 2. The molecule has 0 amide bonds. The average Bonchev–Trinajstić information content (AvgIpc) is 2.18. The summed E-state index contributed by atoms with van der Waals surface area (Å²) in [6.45, 7) is 1.50. The number of nitrogens with two attached hydrogens (primary N) is 1. The van der Waals surface area contributed by atoms with E-state index in [9.17, 15) is 4.79 Å².